The zero-order valence-electron chi connectivity index (χ0n) is 13.9. The van der Waals surface area contributed by atoms with Crippen LogP contribution in [0.15, 0.2) is 23.1 Å². The molecule has 7 heteroatoms. The van der Waals surface area contributed by atoms with E-state index in [4.69, 9.17) is 0 Å². The number of nitrogens with one attached hydrogen (secondary N) is 2. The van der Waals surface area contributed by atoms with E-state index in [1.165, 1.54) is 13.1 Å². The lowest BCUT2D eigenvalue weighted by molar-refractivity contribution is 0.0961. The average Bonchev–Trinajstić information content (AvgIpc) is 2.62. The molecule has 1 aliphatic rings. The standard InChI is InChI=1S/C17H21FN4O2/c1-3-21-10-12(17(24)19-2)16(23)11-8-13(18)15(9-14(11)21)22-6-4-20-5-7-22/h8-10,20H,3-7H2,1-2H3,(H,19,24). The highest BCUT2D eigenvalue weighted by Gasteiger charge is 2.19. The van der Waals surface area contributed by atoms with E-state index in [0.717, 1.165) is 26.2 Å². The highest BCUT2D eigenvalue weighted by molar-refractivity contribution is 5.97. The molecule has 0 spiro atoms. The van der Waals surface area contributed by atoms with Crippen LogP contribution in [0.2, 0.25) is 0 Å². The molecule has 1 aliphatic heterocycles. The van der Waals surface area contributed by atoms with Crippen LogP contribution < -0.4 is 21.0 Å². The van der Waals surface area contributed by atoms with E-state index in [-0.39, 0.29) is 10.9 Å². The summed E-state index contributed by atoms with van der Waals surface area (Å²) < 4.78 is 16.4. The van der Waals surface area contributed by atoms with Crippen molar-refractivity contribution in [2.75, 3.05) is 38.1 Å². The van der Waals surface area contributed by atoms with Crippen LogP contribution in [0.4, 0.5) is 10.1 Å². The molecule has 24 heavy (non-hydrogen) atoms. The number of hydrogen-bond acceptors (Lipinski definition) is 4. The molecule has 0 bridgehead atoms. The first-order valence-electron chi connectivity index (χ1n) is 8.11. The summed E-state index contributed by atoms with van der Waals surface area (Å²) in [6.45, 7) is 5.53. The largest absolute Gasteiger partial charge is 0.367 e. The number of fused-ring (bicyclic) bond motifs is 1. The molecule has 1 aromatic carbocycles. The normalized spacial score (nSPS) is 14.9. The monoisotopic (exact) mass is 332 g/mol. The van der Waals surface area contributed by atoms with Crippen LogP contribution in [0.3, 0.4) is 0 Å². The maximum Gasteiger partial charge on any atom is 0.256 e. The van der Waals surface area contributed by atoms with E-state index in [1.807, 2.05) is 16.4 Å². The number of hydrogen-bond donors (Lipinski definition) is 2. The molecule has 6 nitrogen and oxygen atoms in total. The summed E-state index contributed by atoms with van der Waals surface area (Å²) in [5.74, 6) is -0.895. The van der Waals surface area contributed by atoms with Gasteiger partial charge in [-0.1, -0.05) is 0 Å². The predicted octanol–water partition coefficient (Wildman–Crippen LogP) is 0.930. The zero-order chi connectivity index (χ0) is 17.3. The summed E-state index contributed by atoms with van der Waals surface area (Å²) in [7, 11) is 1.47. The van der Waals surface area contributed by atoms with Crippen LogP contribution in [-0.2, 0) is 6.54 Å². The lowest BCUT2D eigenvalue weighted by Gasteiger charge is -2.30. The fourth-order valence-electron chi connectivity index (χ4n) is 3.11. The van der Waals surface area contributed by atoms with E-state index in [1.54, 1.807) is 12.3 Å². The van der Waals surface area contributed by atoms with Gasteiger partial charge in [0.1, 0.15) is 11.4 Å². The molecular weight excluding hydrogens is 311 g/mol. The highest BCUT2D eigenvalue weighted by atomic mass is 19.1. The Morgan fingerprint density at radius 2 is 2.04 bits per heavy atom. The van der Waals surface area contributed by atoms with Gasteiger partial charge >= 0.3 is 0 Å². The molecule has 3 rings (SSSR count). The number of anilines is 1. The van der Waals surface area contributed by atoms with Crippen molar-refractivity contribution >= 4 is 22.5 Å². The lowest BCUT2D eigenvalue weighted by Crippen LogP contribution is -2.43. The third-order valence-electron chi connectivity index (χ3n) is 4.42. The quantitative estimate of drug-likeness (QED) is 0.878. The number of piperazine rings is 1. The Hall–Kier alpha value is -2.41. The van der Waals surface area contributed by atoms with Crippen molar-refractivity contribution in [3.8, 4) is 0 Å². The molecule has 2 aromatic rings. The van der Waals surface area contributed by atoms with Crippen molar-refractivity contribution in [1.82, 2.24) is 15.2 Å². The maximum absolute atomic E-state index is 14.6. The van der Waals surface area contributed by atoms with E-state index in [0.29, 0.717) is 17.7 Å². The fourth-order valence-corrected chi connectivity index (χ4v) is 3.11. The number of aryl methyl sites for hydroxylation is 1. The summed E-state index contributed by atoms with van der Waals surface area (Å²) in [5.41, 5.74) is 0.726. The third-order valence-corrected chi connectivity index (χ3v) is 4.42. The summed E-state index contributed by atoms with van der Waals surface area (Å²) in [4.78, 5) is 26.5. The number of amides is 1. The van der Waals surface area contributed by atoms with Gasteiger partial charge in [0, 0.05) is 51.4 Å². The second kappa shape index (κ2) is 6.60. The molecule has 2 N–H and O–H groups in total. The number of carbonyl (C=O) groups is 1. The summed E-state index contributed by atoms with van der Waals surface area (Å²) in [5, 5.41) is 5.92. The van der Waals surface area contributed by atoms with Gasteiger partial charge in [0.2, 0.25) is 5.43 Å². The first-order chi connectivity index (χ1) is 11.6. The van der Waals surface area contributed by atoms with Crippen LogP contribution in [0.1, 0.15) is 17.3 Å². The second-order valence-corrected chi connectivity index (χ2v) is 5.79. The second-order valence-electron chi connectivity index (χ2n) is 5.79. The number of halogens is 1. The number of carbonyl (C=O) groups excluding carboxylic acids is 1. The van der Waals surface area contributed by atoms with Gasteiger partial charge in [-0.3, -0.25) is 9.59 Å². The molecule has 1 aromatic heterocycles. The minimum absolute atomic E-state index is 0.0289. The molecule has 128 valence electrons. The van der Waals surface area contributed by atoms with Crippen LogP contribution in [0.5, 0.6) is 0 Å². The molecular formula is C17H21FN4O2. The summed E-state index contributed by atoms with van der Waals surface area (Å²) in [6, 6.07) is 2.97. The van der Waals surface area contributed by atoms with Gasteiger partial charge in [-0.15, -0.1) is 0 Å². The number of pyridine rings is 1. The number of aromatic nitrogens is 1. The minimum atomic E-state index is -0.462. The lowest BCUT2D eigenvalue weighted by atomic mass is 10.1. The molecule has 0 unspecified atom stereocenters. The Labute approximate surface area is 139 Å². The Balaban J connectivity index is 2.22. The van der Waals surface area contributed by atoms with Crippen LogP contribution in [-0.4, -0.2) is 43.7 Å². The van der Waals surface area contributed by atoms with Gasteiger partial charge in [-0.05, 0) is 19.1 Å². The van der Waals surface area contributed by atoms with Crippen molar-refractivity contribution in [3.63, 3.8) is 0 Å². The third kappa shape index (κ3) is 2.75. The zero-order valence-corrected chi connectivity index (χ0v) is 13.9. The summed E-state index contributed by atoms with van der Waals surface area (Å²) in [6.07, 6.45) is 1.54. The van der Waals surface area contributed by atoms with Crippen molar-refractivity contribution in [2.45, 2.75) is 13.5 Å². The van der Waals surface area contributed by atoms with Crippen molar-refractivity contribution < 1.29 is 9.18 Å². The van der Waals surface area contributed by atoms with E-state index in [2.05, 4.69) is 10.6 Å². The molecule has 2 heterocycles. The highest BCUT2D eigenvalue weighted by Crippen LogP contribution is 2.25. The Bertz CT molecular complexity index is 841. The first-order valence-corrected chi connectivity index (χ1v) is 8.11. The maximum atomic E-state index is 14.6. The molecule has 0 saturated carbocycles. The smallest absolute Gasteiger partial charge is 0.256 e. The van der Waals surface area contributed by atoms with Crippen molar-refractivity contribution in [2.24, 2.45) is 0 Å². The van der Waals surface area contributed by atoms with Gasteiger partial charge < -0.3 is 20.1 Å². The topological polar surface area (TPSA) is 66.4 Å². The number of benzene rings is 1. The molecule has 1 amide bonds. The Kier molecular flexibility index (Phi) is 4.53. The van der Waals surface area contributed by atoms with Gasteiger partial charge in [0.25, 0.3) is 5.91 Å². The number of nitrogens with zero attached hydrogens (tertiary/aromatic N) is 2. The van der Waals surface area contributed by atoms with Gasteiger partial charge in [0.15, 0.2) is 0 Å². The van der Waals surface area contributed by atoms with E-state index >= 15 is 0 Å². The van der Waals surface area contributed by atoms with Crippen LogP contribution in [0.25, 0.3) is 10.9 Å². The van der Waals surface area contributed by atoms with Crippen LogP contribution in [0, 0.1) is 5.82 Å². The minimum Gasteiger partial charge on any atom is -0.367 e. The molecule has 0 atom stereocenters. The predicted molar refractivity (Wildman–Crippen MR) is 92.3 cm³/mol. The van der Waals surface area contributed by atoms with E-state index < -0.39 is 17.2 Å². The SMILES string of the molecule is CCn1cc(C(=O)NC)c(=O)c2cc(F)c(N3CCNCC3)cc21. The van der Waals surface area contributed by atoms with Gasteiger partial charge in [-0.25, -0.2) is 4.39 Å². The van der Waals surface area contributed by atoms with Crippen molar-refractivity contribution in [1.29, 1.82) is 0 Å². The Morgan fingerprint density at radius 3 is 2.67 bits per heavy atom. The van der Waals surface area contributed by atoms with Gasteiger partial charge in [0.05, 0.1) is 11.2 Å². The molecule has 1 saturated heterocycles. The number of rotatable bonds is 3. The summed E-state index contributed by atoms with van der Waals surface area (Å²) >= 11 is 0. The van der Waals surface area contributed by atoms with Crippen LogP contribution >= 0.6 is 0 Å². The molecule has 1 fully saturated rings. The van der Waals surface area contributed by atoms with E-state index in [9.17, 15) is 14.0 Å². The Morgan fingerprint density at radius 1 is 1.33 bits per heavy atom. The van der Waals surface area contributed by atoms with Gasteiger partial charge in [-0.2, -0.15) is 0 Å². The van der Waals surface area contributed by atoms with Crippen molar-refractivity contribution in [3.05, 3.63) is 39.9 Å². The average molecular weight is 332 g/mol. The fraction of sp³-hybridized carbons (Fsp3) is 0.412. The first kappa shape index (κ1) is 16.4. The molecule has 0 aliphatic carbocycles. The molecule has 0 radical (unpaired) electrons.